The van der Waals surface area contributed by atoms with Crippen molar-refractivity contribution in [2.75, 3.05) is 0 Å². The molecule has 2 heterocycles. The normalized spacial score (nSPS) is 20.7. The quantitative estimate of drug-likeness (QED) is 0.604. The minimum atomic E-state index is -0.297. The van der Waals surface area contributed by atoms with Crippen molar-refractivity contribution in [3.63, 3.8) is 0 Å². The SMILES string of the molecule is C=C1[N+](c2ccccc2)=CC=CC1(C)c1nc2ccccc2s1. The van der Waals surface area contributed by atoms with Crippen LogP contribution in [0.25, 0.3) is 10.2 Å². The zero-order chi connectivity index (χ0) is 15.9. The number of nitrogens with zero attached hydrogens (tertiary/aromatic N) is 2. The van der Waals surface area contributed by atoms with E-state index >= 15 is 0 Å². The van der Waals surface area contributed by atoms with Crippen molar-refractivity contribution in [2.45, 2.75) is 12.3 Å². The summed E-state index contributed by atoms with van der Waals surface area (Å²) in [7, 11) is 0. The zero-order valence-electron chi connectivity index (χ0n) is 12.9. The van der Waals surface area contributed by atoms with Gasteiger partial charge in [0.2, 0.25) is 5.69 Å². The first-order valence-corrected chi connectivity index (χ1v) is 8.42. The summed E-state index contributed by atoms with van der Waals surface area (Å²) < 4.78 is 3.36. The average molecular weight is 317 g/mol. The Balaban J connectivity index is 1.81. The molecule has 23 heavy (non-hydrogen) atoms. The second kappa shape index (κ2) is 5.28. The fourth-order valence-electron chi connectivity index (χ4n) is 2.88. The van der Waals surface area contributed by atoms with Gasteiger partial charge in [0.15, 0.2) is 11.9 Å². The molecule has 0 radical (unpaired) electrons. The van der Waals surface area contributed by atoms with Crippen molar-refractivity contribution in [1.82, 2.24) is 4.98 Å². The van der Waals surface area contributed by atoms with E-state index < -0.39 is 0 Å². The summed E-state index contributed by atoms with van der Waals surface area (Å²) in [5.74, 6) is 0. The molecular weight excluding hydrogens is 300 g/mol. The Hall–Kier alpha value is -2.52. The number of allylic oxidation sites excluding steroid dienone is 2. The van der Waals surface area contributed by atoms with Crippen molar-refractivity contribution in [2.24, 2.45) is 0 Å². The fraction of sp³-hybridized carbons (Fsp3) is 0.100. The van der Waals surface area contributed by atoms with Gasteiger partial charge in [-0.05, 0) is 31.7 Å². The van der Waals surface area contributed by atoms with Gasteiger partial charge >= 0.3 is 0 Å². The van der Waals surface area contributed by atoms with Crippen LogP contribution >= 0.6 is 11.3 Å². The fourth-order valence-corrected chi connectivity index (χ4v) is 3.99. The van der Waals surface area contributed by atoms with E-state index in [1.54, 1.807) is 11.3 Å². The van der Waals surface area contributed by atoms with Gasteiger partial charge in [-0.25, -0.2) is 4.98 Å². The monoisotopic (exact) mass is 317 g/mol. The van der Waals surface area contributed by atoms with Gasteiger partial charge in [0.05, 0.1) is 10.2 Å². The highest BCUT2D eigenvalue weighted by Gasteiger charge is 2.40. The summed E-state index contributed by atoms with van der Waals surface area (Å²) in [6.07, 6.45) is 6.34. The average Bonchev–Trinajstić information content (AvgIpc) is 3.03. The van der Waals surface area contributed by atoms with Crippen LogP contribution in [0.2, 0.25) is 0 Å². The molecule has 2 aromatic carbocycles. The van der Waals surface area contributed by atoms with E-state index in [1.165, 1.54) is 4.70 Å². The molecule has 1 aromatic heterocycles. The van der Waals surface area contributed by atoms with Gasteiger partial charge in [-0.2, -0.15) is 4.58 Å². The molecule has 0 amide bonds. The number of thiazole rings is 1. The molecule has 1 atom stereocenters. The Bertz CT molecular complexity index is 917. The third kappa shape index (κ3) is 2.25. The van der Waals surface area contributed by atoms with Crippen LogP contribution in [-0.2, 0) is 5.41 Å². The highest BCUT2D eigenvalue weighted by molar-refractivity contribution is 7.18. The Morgan fingerprint density at radius 3 is 2.57 bits per heavy atom. The van der Waals surface area contributed by atoms with E-state index in [9.17, 15) is 0 Å². The van der Waals surface area contributed by atoms with Crippen LogP contribution in [0.3, 0.4) is 0 Å². The van der Waals surface area contributed by atoms with Crippen molar-refractivity contribution in [3.05, 3.63) is 84.0 Å². The van der Waals surface area contributed by atoms with E-state index in [-0.39, 0.29) is 5.41 Å². The molecule has 0 fully saturated rings. The maximum Gasteiger partial charge on any atom is 0.210 e. The molecule has 3 heteroatoms. The maximum absolute atomic E-state index is 4.85. The Kier molecular flexibility index (Phi) is 3.24. The molecule has 0 aliphatic carbocycles. The molecule has 4 rings (SSSR count). The van der Waals surface area contributed by atoms with E-state index in [0.29, 0.717) is 0 Å². The molecule has 0 saturated carbocycles. The molecule has 0 saturated heterocycles. The van der Waals surface area contributed by atoms with Crippen molar-refractivity contribution >= 4 is 33.5 Å². The molecule has 1 aliphatic heterocycles. The van der Waals surface area contributed by atoms with E-state index in [0.717, 1.165) is 21.9 Å². The number of para-hydroxylation sites is 2. The first kappa shape index (κ1) is 14.1. The minimum Gasteiger partial charge on any atom is -0.240 e. The number of aromatic nitrogens is 1. The van der Waals surface area contributed by atoms with Crippen LogP contribution in [0, 0.1) is 0 Å². The summed E-state index contributed by atoms with van der Waals surface area (Å²) in [6, 6.07) is 18.6. The summed E-state index contributed by atoms with van der Waals surface area (Å²) in [5, 5.41) is 1.08. The lowest BCUT2D eigenvalue weighted by molar-refractivity contribution is -0.388. The molecule has 2 nitrogen and oxygen atoms in total. The first-order chi connectivity index (χ1) is 11.2. The molecule has 112 valence electrons. The summed E-state index contributed by atoms with van der Waals surface area (Å²) in [6.45, 7) is 6.57. The molecule has 3 aromatic rings. The van der Waals surface area contributed by atoms with E-state index in [4.69, 9.17) is 4.98 Å². The zero-order valence-corrected chi connectivity index (χ0v) is 13.8. The van der Waals surface area contributed by atoms with Crippen molar-refractivity contribution in [3.8, 4) is 0 Å². The molecule has 0 bridgehead atoms. The Labute approximate surface area is 139 Å². The largest absolute Gasteiger partial charge is 0.240 e. The smallest absolute Gasteiger partial charge is 0.210 e. The number of rotatable bonds is 2. The number of hydrogen-bond donors (Lipinski definition) is 0. The van der Waals surface area contributed by atoms with Crippen LogP contribution in [-0.4, -0.2) is 15.8 Å². The lowest BCUT2D eigenvalue weighted by Gasteiger charge is -2.24. The molecular formula is C20H17N2S+. The number of fused-ring (bicyclic) bond motifs is 1. The van der Waals surface area contributed by atoms with Crippen LogP contribution in [0.5, 0.6) is 0 Å². The van der Waals surface area contributed by atoms with Crippen LogP contribution < -0.4 is 0 Å². The van der Waals surface area contributed by atoms with E-state index in [1.807, 2.05) is 24.3 Å². The van der Waals surface area contributed by atoms with Gasteiger partial charge < -0.3 is 0 Å². The predicted molar refractivity (Wildman–Crippen MR) is 97.7 cm³/mol. The Morgan fingerprint density at radius 2 is 1.78 bits per heavy atom. The van der Waals surface area contributed by atoms with E-state index in [2.05, 4.69) is 66.8 Å². The topological polar surface area (TPSA) is 15.9 Å². The van der Waals surface area contributed by atoms with Crippen molar-refractivity contribution < 1.29 is 4.58 Å². The standard InChI is InChI=1S/C20H17N2S/c1-15-20(2,19-21-17-11-6-7-12-18(17)23-19)13-8-14-22(15)16-9-4-3-5-10-16/h3-14H,1H2,2H3/q+1. The number of benzene rings is 2. The predicted octanol–water partition coefficient (Wildman–Crippen LogP) is 5.05. The minimum absolute atomic E-state index is 0.297. The third-order valence-corrected chi connectivity index (χ3v) is 5.60. The Morgan fingerprint density at radius 1 is 1.04 bits per heavy atom. The summed E-state index contributed by atoms with van der Waals surface area (Å²) in [4.78, 5) is 4.85. The van der Waals surface area contributed by atoms with Crippen LogP contribution in [0.1, 0.15) is 11.9 Å². The van der Waals surface area contributed by atoms with Crippen LogP contribution in [0.15, 0.2) is 79.0 Å². The summed E-state index contributed by atoms with van der Waals surface area (Å²) in [5.41, 5.74) is 2.89. The van der Waals surface area contributed by atoms with Gasteiger partial charge in [-0.15, -0.1) is 11.3 Å². The molecule has 1 unspecified atom stereocenters. The molecule has 0 spiro atoms. The molecule has 0 N–H and O–H groups in total. The van der Waals surface area contributed by atoms with Gasteiger partial charge in [0.25, 0.3) is 0 Å². The van der Waals surface area contributed by atoms with Crippen molar-refractivity contribution in [1.29, 1.82) is 0 Å². The lowest BCUT2D eigenvalue weighted by atomic mass is 9.85. The second-order valence-corrected chi connectivity index (χ2v) is 6.88. The van der Waals surface area contributed by atoms with Crippen LogP contribution in [0.4, 0.5) is 5.69 Å². The summed E-state index contributed by atoms with van der Waals surface area (Å²) >= 11 is 1.74. The van der Waals surface area contributed by atoms with Gasteiger partial charge in [0, 0.05) is 12.1 Å². The lowest BCUT2D eigenvalue weighted by Crippen LogP contribution is -2.30. The number of hydrogen-bond acceptors (Lipinski definition) is 2. The second-order valence-electron chi connectivity index (χ2n) is 5.85. The van der Waals surface area contributed by atoms with Gasteiger partial charge in [-0.3, -0.25) is 0 Å². The third-order valence-electron chi connectivity index (χ3n) is 4.33. The van der Waals surface area contributed by atoms with Gasteiger partial charge in [0.1, 0.15) is 10.4 Å². The highest BCUT2D eigenvalue weighted by atomic mass is 32.1. The van der Waals surface area contributed by atoms with Gasteiger partial charge in [-0.1, -0.05) is 36.4 Å². The first-order valence-electron chi connectivity index (χ1n) is 7.61. The maximum atomic E-state index is 4.85. The highest BCUT2D eigenvalue weighted by Crippen LogP contribution is 2.40. The molecule has 1 aliphatic rings.